The maximum atomic E-state index is 12.7. The van der Waals surface area contributed by atoms with Crippen LogP contribution >= 0.6 is 11.3 Å². The van der Waals surface area contributed by atoms with Gasteiger partial charge in [0.05, 0.1) is 11.3 Å². The van der Waals surface area contributed by atoms with Crippen molar-refractivity contribution >= 4 is 40.1 Å². The van der Waals surface area contributed by atoms with Gasteiger partial charge in [0.15, 0.2) is 10.8 Å². The topological polar surface area (TPSA) is 117 Å². The highest BCUT2D eigenvalue weighted by Crippen LogP contribution is 2.27. The summed E-state index contributed by atoms with van der Waals surface area (Å²) in [7, 11) is 0. The van der Waals surface area contributed by atoms with Gasteiger partial charge in [-0.1, -0.05) is 19.3 Å². The molecule has 32 heavy (non-hydrogen) atoms. The van der Waals surface area contributed by atoms with Gasteiger partial charge in [-0.15, -0.1) is 11.3 Å². The first-order chi connectivity index (χ1) is 15.5. The Hall–Kier alpha value is -3.27. The monoisotopic (exact) mass is 453 g/mol. The standard InChI is InChI=1S/C22H23N5O4S/c28-18-15-6-7-17(26-10-13(11-26)20(29)24-14-4-2-1-3-5-14)25-19(15)27(12-16(18)21(30)31)22-23-8-9-32-22/h6-9,12-14H,1-5,10-11H2,(H,24,29)(H,30,31). The molecule has 1 saturated carbocycles. The number of carboxylic acid groups (broad SMARTS) is 1. The Morgan fingerprint density at radius 1 is 1.16 bits per heavy atom. The van der Waals surface area contributed by atoms with Crippen molar-refractivity contribution < 1.29 is 14.7 Å². The molecule has 3 aromatic rings. The number of aromatic carboxylic acids is 1. The third-order valence-corrected chi connectivity index (χ3v) is 6.99. The van der Waals surface area contributed by atoms with E-state index in [0.717, 1.165) is 12.8 Å². The number of anilines is 1. The number of pyridine rings is 2. The summed E-state index contributed by atoms with van der Waals surface area (Å²) < 4.78 is 1.54. The molecule has 3 aromatic heterocycles. The number of hydrogen-bond donors (Lipinski definition) is 2. The van der Waals surface area contributed by atoms with E-state index in [4.69, 9.17) is 0 Å². The summed E-state index contributed by atoms with van der Waals surface area (Å²) in [6.45, 7) is 1.12. The van der Waals surface area contributed by atoms with E-state index in [2.05, 4.69) is 15.3 Å². The molecule has 2 N–H and O–H groups in total. The lowest BCUT2D eigenvalue weighted by Crippen LogP contribution is -2.55. The van der Waals surface area contributed by atoms with Gasteiger partial charge in [-0.3, -0.25) is 14.2 Å². The van der Waals surface area contributed by atoms with Gasteiger partial charge in [-0.05, 0) is 25.0 Å². The predicted octanol–water partition coefficient (Wildman–Crippen LogP) is 2.43. The molecule has 5 rings (SSSR count). The fourth-order valence-corrected chi connectivity index (χ4v) is 5.02. The molecule has 2 aliphatic rings. The van der Waals surface area contributed by atoms with Gasteiger partial charge in [0.1, 0.15) is 11.4 Å². The van der Waals surface area contributed by atoms with Crippen LogP contribution in [0, 0.1) is 5.92 Å². The predicted molar refractivity (Wildman–Crippen MR) is 121 cm³/mol. The van der Waals surface area contributed by atoms with Gasteiger partial charge in [0.25, 0.3) is 0 Å². The number of aromatic nitrogens is 3. The molecule has 0 aromatic carbocycles. The van der Waals surface area contributed by atoms with Gasteiger partial charge in [-0.2, -0.15) is 0 Å². The van der Waals surface area contributed by atoms with Crippen LogP contribution in [0.2, 0.25) is 0 Å². The molecule has 1 aliphatic heterocycles. The molecule has 2 fully saturated rings. The minimum Gasteiger partial charge on any atom is -0.477 e. The molecule has 10 heteroatoms. The van der Waals surface area contributed by atoms with Gasteiger partial charge in [-0.25, -0.2) is 14.8 Å². The zero-order chi connectivity index (χ0) is 22.2. The minimum atomic E-state index is -1.29. The van der Waals surface area contributed by atoms with Crippen LogP contribution in [0.25, 0.3) is 16.2 Å². The van der Waals surface area contributed by atoms with E-state index in [9.17, 15) is 19.5 Å². The highest BCUT2D eigenvalue weighted by molar-refractivity contribution is 7.12. The van der Waals surface area contributed by atoms with Crippen molar-refractivity contribution in [1.29, 1.82) is 0 Å². The molecule has 0 radical (unpaired) electrons. The number of carboxylic acids is 1. The number of nitrogens with one attached hydrogen (secondary N) is 1. The first-order valence-corrected chi connectivity index (χ1v) is 11.6. The number of amides is 1. The van der Waals surface area contributed by atoms with Crippen molar-refractivity contribution in [1.82, 2.24) is 19.9 Å². The Morgan fingerprint density at radius 3 is 2.62 bits per heavy atom. The maximum absolute atomic E-state index is 12.7. The van der Waals surface area contributed by atoms with E-state index in [-0.39, 0.29) is 22.8 Å². The van der Waals surface area contributed by atoms with Crippen molar-refractivity contribution in [3.05, 3.63) is 45.7 Å². The number of carbonyl (C=O) groups is 2. The van der Waals surface area contributed by atoms with Crippen LogP contribution in [0.5, 0.6) is 0 Å². The normalized spacial score (nSPS) is 17.3. The summed E-state index contributed by atoms with van der Waals surface area (Å²) in [6.07, 6.45) is 8.60. The Kier molecular flexibility index (Phi) is 5.38. The molecular formula is C22H23N5O4S. The first kappa shape index (κ1) is 20.6. The van der Waals surface area contributed by atoms with E-state index in [0.29, 0.717) is 35.7 Å². The fourth-order valence-electron chi connectivity index (χ4n) is 4.40. The molecule has 0 atom stereocenters. The van der Waals surface area contributed by atoms with Crippen LogP contribution in [0.4, 0.5) is 5.82 Å². The molecular weight excluding hydrogens is 430 g/mol. The summed E-state index contributed by atoms with van der Waals surface area (Å²) in [6, 6.07) is 3.60. The van der Waals surface area contributed by atoms with Gasteiger partial charge < -0.3 is 15.3 Å². The van der Waals surface area contributed by atoms with Crippen molar-refractivity contribution in [3.8, 4) is 5.13 Å². The second-order valence-electron chi connectivity index (χ2n) is 8.35. The van der Waals surface area contributed by atoms with E-state index in [1.54, 1.807) is 28.3 Å². The quantitative estimate of drug-likeness (QED) is 0.609. The highest BCUT2D eigenvalue weighted by Gasteiger charge is 2.34. The van der Waals surface area contributed by atoms with Crippen molar-refractivity contribution in [2.24, 2.45) is 5.92 Å². The van der Waals surface area contributed by atoms with Crippen LogP contribution in [-0.2, 0) is 4.79 Å². The van der Waals surface area contributed by atoms with Crippen molar-refractivity contribution in [3.63, 3.8) is 0 Å². The zero-order valence-electron chi connectivity index (χ0n) is 17.4. The van der Waals surface area contributed by atoms with E-state index in [1.165, 1.54) is 36.8 Å². The third kappa shape index (κ3) is 3.75. The minimum absolute atomic E-state index is 0.0787. The van der Waals surface area contributed by atoms with Gasteiger partial charge in [0, 0.05) is 36.9 Å². The Morgan fingerprint density at radius 2 is 1.94 bits per heavy atom. The van der Waals surface area contributed by atoms with Gasteiger partial charge in [0.2, 0.25) is 11.3 Å². The summed E-state index contributed by atoms with van der Waals surface area (Å²) >= 11 is 1.32. The summed E-state index contributed by atoms with van der Waals surface area (Å²) in [5.41, 5.74) is -0.555. The highest BCUT2D eigenvalue weighted by atomic mass is 32.1. The fraction of sp³-hybridized carbons (Fsp3) is 0.409. The smallest absolute Gasteiger partial charge is 0.341 e. The number of nitrogens with zero attached hydrogens (tertiary/aromatic N) is 4. The largest absolute Gasteiger partial charge is 0.477 e. The molecule has 0 spiro atoms. The Balaban J connectivity index is 1.40. The lowest BCUT2D eigenvalue weighted by Gasteiger charge is -2.40. The number of hydrogen-bond acceptors (Lipinski definition) is 7. The van der Waals surface area contributed by atoms with E-state index >= 15 is 0 Å². The molecule has 1 saturated heterocycles. The van der Waals surface area contributed by atoms with E-state index < -0.39 is 11.4 Å². The zero-order valence-corrected chi connectivity index (χ0v) is 18.2. The number of carbonyl (C=O) groups excluding carboxylic acids is 1. The SMILES string of the molecule is O=C(O)c1cn(-c2nccs2)c2nc(N3CC(C(=O)NC4CCCCC4)C3)ccc2c1=O. The summed E-state index contributed by atoms with van der Waals surface area (Å²) in [4.78, 5) is 47.7. The number of thiazole rings is 1. The lowest BCUT2D eigenvalue weighted by atomic mass is 9.93. The lowest BCUT2D eigenvalue weighted by molar-refractivity contribution is -0.126. The molecule has 1 amide bonds. The number of rotatable bonds is 5. The van der Waals surface area contributed by atoms with Crippen LogP contribution in [0.1, 0.15) is 42.5 Å². The molecule has 0 unspecified atom stereocenters. The molecule has 1 aliphatic carbocycles. The maximum Gasteiger partial charge on any atom is 0.341 e. The molecule has 166 valence electrons. The van der Waals surface area contributed by atoms with Gasteiger partial charge >= 0.3 is 5.97 Å². The van der Waals surface area contributed by atoms with Crippen LogP contribution in [-0.4, -0.2) is 50.6 Å². The average Bonchev–Trinajstić information content (AvgIpc) is 3.28. The molecule has 9 nitrogen and oxygen atoms in total. The van der Waals surface area contributed by atoms with Crippen molar-refractivity contribution in [2.45, 2.75) is 38.1 Å². The van der Waals surface area contributed by atoms with Crippen LogP contribution in [0.15, 0.2) is 34.7 Å². The Labute approximate surface area is 187 Å². The second-order valence-corrected chi connectivity index (χ2v) is 9.22. The second kappa shape index (κ2) is 8.34. The Bertz CT molecular complexity index is 1230. The van der Waals surface area contributed by atoms with Crippen LogP contribution < -0.4 is 15.6 Å². The van der Waals surface area contributed by atoms with Crippen LogP contribution in [0.3, 0.4) is 0 Å². The van der Waals surface area contributed by atoms with E-state index in [1.807, 2.05) is 4.90 Å². The molecule has 0 bridgehead atoms. The third-order valence-electron chi connectivity index (χ3n) is 6.22. The summed E-state index contributed by atoms with van der Waals surface area (Å²) in [5.74, 6) is -0.627. The van der Waals surface area contributed by atoms with Crippen molar-refractivity contribution in [2.75, 3.05) is 18.0 Å². The first-order valence-electron chi connectivity index (χ1n) is 10.8. The average molecular weight is 454 g/mol. The molecule has 4 heterocycles. The summed E-state index contributed by atoms with van der Waals surface area (Å²) in [5, 5.41) is 15.1. The number of fused-ring (bicyclic) bond motifs is 1.